The molecule has 206 valence electrons. The number of hydrogen-bond donors (Lipinski definition) is 2. The number of methoxy groups -OCH3 is 1. The van der Waals surface area contributed by atoms with Crippen molar-refractivity contribution in [3.8, 4) is 5.75 Å². The molecule has 1 amide bonds. The fourth-order valence-corrected chi connectivity index (χ4v) is 4.12. The Labute approximate surface area is 221 Å². The Morgan fingerprint density at radius 1 is 1.13 bits per heavy atom. The van der Waals surface area contributed by atoms with Crippen molar-refractivity contribution in [2.45, 2.75) is 32.5 Å². The van der Waals surface area contributed by atoms with Gasteiger partial charge < -0.3 is 20.1 Å². The van der Waals surface area contributed by atoms with Crippen LogP contribution in [0.15, 0.2) is 42.9 Å². The van der Waals surface area contributed by atoms with Crippen LogP contribution in [0, 0.1) is 18.2 Å². The highest BCUT2D eigenvalue weighted by Gasteiger charge is 2.44. The minimum atomic E-state index is -4.68. The quantitative estimate of drug-likeness (QED) is 0.300. The van der Waals surface area contributed by atoms with E-state index in [0.29, 0.717) is 12.2 Å². The molecule has 2 N–H and O–H groups in total. The van der Waals surface area contributed by atoms with E-state index < -0.39 is 28.9 Å². The van der Waals surface area contributed by atoms with Crippen molar-refractivity contribution in [3.63, 3.8) is 0 Å². The number of alkyl halides is 3. The second-order valence-corrected chi connectivity index (χ2v) is 9.07. The van der Waals surface area contributed by atoms with Crippen LogP contribution in [0.1, 0.15) is 40.3 Å². The molecule has 1 fully saturated rings. The molecule has 39 heavy (non-hydrogen) atoms. The zero-order chi connectivity index (χ0) is 28.2. The van der Waals surface area contributed by atoms with Crippen molar-refractivity contribution in [2.75, 3.05) is 25.6 Å². The standard InChI is InChI=1S/C26H25F4N5O4/c1-15-31-10-16(11-32-15)23(36)9-25(5-6-39-14-25)24(37)34-13-22-20(27)7-17(12-33-22)35-21-4-3-18(38-2)8-19(21)26(28,29)30/h3-4,7-8,10-12,35H,5-6,9,13-14H2,1-2H3,(H,34,37)/t25-/m0/s1. The molecule has 0 unspecified atom stereocenters. The Kier molecular flexibility index (Phi) is 8.09. The van der Waals surface area contributed by atoms with Gasteiger partial charge in [0, 0.05) is 31.5 Å². The smallest absolute Gasteiger partial charge is 0.418 e. The maximum atomic E-state index is 14.8. The molecule has 1 aromatic carbocycles. The number of pyridine rings is 1. The second kappa shape index (κ2) is 11.3. The highest BCUT2D eigenvalue weighted by Crippen LogP contribution is 2.38. The number of hydrogen-bond acceptors (Lipinski definition) is 8. The van der Waals surface area contributed by atoms with Crippen LogP contribution < -0.4 is 15.4 Å². The van der Waals surface area contributed by atoms with Crippen LogP contribution >= 0.6 is 0 Å². The zero-order valence-electron chi connectivity index (χ0n) is 21.1. The van der Waals surface area contributed by atoms with E-state index in [1.807, 2.05) is 0 Å². The van der Waals surface area contributed by atoms with Gasteiger partial charge in [0.15, 0.2) is 5.78 Å². The van der Waals surface area contributed by atoms with Crippen LogP contribution in [0.2, 0.25) is 0 Å². The molecule has 3 aromatic rings. The summed E-state index contributed by atoms with van der Waals surface area (Å²) in [7, 11) is 1.25. The Bertz CT molecular complexity index is 1360. The van der Waals surface area contributed by atoms with Gasteiger partial charge in [0.1, 0.15) is 17.4 Å². The molecule has 1 aliphatic heterocycles. The maximum absolute atomic E-state index is 14.8. The van der Waals surface area contributed by atoms with Crippen molar-refractivity contribution in [1.29, 1.82) is 0 Å². The lowest BCUT2D eigenvalue weighted by atomic mass is 9.80. The predicted octanol–water partition coefficient (Wildman–Crippen LogP) is 4.39. The van der Waals surface area contributed by atoms with Gasteiger partial charge in [-0.1, -0.05) is 0 Å². The van der Waals surface area contributed by atoms with E-state index in [9.17, 15) is 27.2 Å². The zero-order valence-corrected chi connectivity index (χ0v) is 21.1. The van der Waals surface area contributed by atoms with E-state index in [-0.39, 0.29) is 60.3 Å². The molecule has 1 saturated heterocycles. The summed E-state index contributed by atoms with van der Waals surface area (Å²) in [6, 6.07) is 4.31. The van der Waals surface area contributed by atoms with Gasteiger partial charge in [-0.2, -0.15) is 13.2 Å². The van der Waals surface area contributed by atoms with Crippen molar-refractivity contribution in [1.82, 2.24) is 20.3 Å². The van der Waals surface area contributed by atoms with Crippen LogP contribution in [0.4, 0.5) is 28.9 Å². The Balaban J connectivity index is 1.44. The molecule has 0 aliphatic carbocycles. The summed E-state index contributed by atoms with van der Waals surface area (Å²) >= 11 is 0. The third-order valence-electron chi connectivity index (χ3n) is 6.33. The Morgan fingerprint density at radius 2 is 1.87 bits per heavy atom. The van der Waals surface area contributed by atoms with Crippen LogP contribution in [-0.4, -0.2) is 47.0 Å². The molecule has 4 rings (SSSR count). The number of halogens is 4. The molecular weight excluding hydrogens is 522 g/mol. The lowest BCUT2D eigenvalue weighted by Gasteiger charge is -2.25. The third kappa shape index (κ3) is 6.48. The minimum Gasteiger partial charge on any atom is -0.497 e. The van der Waals surface area contributed by atoms with Gasteiger partial charge in [0.2, 0.25) is 5.91 Å². The van der Waals surface area contributed by atoms with Gasteiger partial charge in [-0.3, -0.25) is 14.6 Å². The number of rotatable bonds is 9. The molecule has 0 bridgehead atoms. The topological polar surface area (TPSA) is 115 Å². The number of benzene rings is 1. The monoisotopic (exact) mass is 547 g/mol. The number of anilines is 2. The van der Waals surface area contributed by atoms with Crippen molar-refractivity contribution in [2.24, 2.45) is 5.41 Å². The third-order valence-corrected chi connectivity index (χ3v) is 6.33. The average molecular weight is 548 g/mol. The first-order valence-corrected chi connectivity index (χ1v) is 11.9. The molecule has 0 spiro atoms. The lowest BCUT2D eigenvalue weighted by molar-refractivity contribution is -0.137. The number of Topliss-reactive ketones (excluding diaryl/α,β-unsaturated/α-hetero) is 1. The van der Waals surface area contributed by atoms with Crippen LogP contribution in [0.25, 0.3) is 0 Å². The van der Waals surface area contributed by atoms with E-state index >= 15 is 0 Å². The number of ether oxygens (including phenoxy) is 2. The number of aromatic nitrogens is 3. The largest absolute Gasteiger partial charge is 0.497 e. The molecule has 1 atom stereocenters. The number of nitrogens with one attached hydrogen (secondary N) is 2. The number of ketones is 1. The summed E-state index contributed by atoms with van der Waals surface area (Å²) < 4.78 is 65.5. The van der Waals surface area contributed by atoms with E-state index in [0.717, 1.165) is 18.3 Å². The van der Waals surface area contributed by atoms with Crippen molar-refractivity contribution < 1.29 is 36.6 Å². The first-order valence-electron chi connectivity index (χ1n) is 11.9. The summed E-state index contributed by atoms with van der Waals surface area (Å²) in [6.45, 7) is 1.68. The molecule has 2 aromatic heterocycles. The van der Waals surface area contributed by atoms with E-state index in [4.69, 9.17) is 9.47 Å². The first-order chi connectivity index (χ1) is 18.5. The molecule has 13 heteroatoms. The van der Waals surface area contributed by atoms with Crippen LogP contribution in [0.5, 0.6) is 5.75 Å². The number of aryl methyl sites for hydroxylation is 1. The van der Waals surface area contributed by atoms with Gasteiger partial charge in [-0.05, 0) is 31.5 Å². The summed E-state index contributed by atoms with van der Waals surface area (Å²) in [4.78, 5) is 37.9. The molecule has 3 heterocycles. The van der Waals surface area contributed by atoms with Gasteiger partial charge in [0.25, 0.3) is 0 Å². The first kappa shape index (κ1) is 27.9. The van der Waals surface area contributed by atoms with Crippen molar-refractivity contribution in [3.05, 3.63) is 71.3 Å². The Morgan fingerprint density at radius 3 is 2.49 bits per heavy atom. The van der Waals surface area contributed by atoms with Crippen LogP contribution in [-0.2, 0) is 22.3 Å². The highest BCUT2D eigenvalue weighted by molar-refractivity contribution is 5.99. The number of carbonyl (C=O) groups excluding carboxylic acids is 2. The second-order valence-electron chi connectivity index (χ2n) is 9.07. The number of carbonyl (C=O) groups is 2. The molecular formula is C26H25F4N5O4. The van der Waals surface area contributed by atoms with E-state index in [1.54, 1.807) is 6.92 Å². The maximum Gasteiger partial charge on any atom is 0.418 e. The van der Waals surface area contributed by atoms with Gasteiger partial charge in [0.05, 0.1) is 60.1 Å². The predicted molar refractivity (Wildman–Crippen MR) is 131 cm³/mol. The molecule has 0 radical (unpaired) electrons. The highest BCUT2D eigenvalue weighted by atomic mass is 19.4. The number of nitrogens with zero attached hydrogens (tertiary/aromatic N) is 3. The van der Waals surface area contributed by atoms with E-state index in [2.05, 4.69) is 25.6 Å². The summed E-state index contributed by atoms with van der Waals surface area (Å²) in [6.07, 6.45) is -0.590. The fraction of sp³-hybridized carbons (Fsp3) is 0.346. The number of amides is 1. The van der Waals surface area contributed by atoms with E-state index in [1.165, 1.54) is 31.6 Å². The molecule has 1 aliphatic rings. The summed E-state index contributed by atoms with van der Waals surface area (Å²) in [5.41, 5.74) is -2.34. The van der Waals surface area contributed by atoms with Gasteiger partial charge in [-0.15, -0.1) is 0 Å². The molecule has 0 saturated carbocycles. The van der Waals surface area contributed by atoms with Gasteiger partial charge >= 0.3 is 6.18 Å². The lowest BCUT2D eigenvalue weighted by Crippen LogP contribution is -2.43. The Hall–Kier alpha value is -4.13. The summed E-state index contributed by atoms with van der Waals surface area (Å²) in [5, 5.41) is 5.14. The fourth-order valence-electron chi connectivity index (χ4n) is 4.12. The minimum absolute atomic E-state index is 0.0134. The van der Waals surface area contributed by atoms with Crippen molar-refractivity contribution >= 4 is 23.1 Å². The summed E-state index contributed by atoms with van der Waals surface area (Å²) in [5.74, 6) is -1.15. The average Bonchev–Trinajstić information content (AvgIpc) is 3.37. The normalized spacial score (nSPS) is 17.1. The van der Waals surface area contributed by atoms with Crippen LogP contribution in [0.3, 0.4) is 0 Å². The molecule has 9 nitrogen and oxygen atoms in total. The van der Waals surface area contributed by atoms with Gasteiger partial charge in [-0.25, -0.2) is 14.4 Å². The SMILES string of the molecule is COc1ccc(Nc2cnc(CNC(=O)[C@]3(CC(=O)c4cnc(C)nc4)CCOC3)c(F)c2)c(C(F)(F)F)c1.